The SMILES string of the molecule is Cc1ccc(OCC(O)CNC2CCN(C(=O)COc3ccc(Cl)c(F)c3)CC2)cc1. The standard InChI is InChI=1S/C23H28ClFN2O4/c1-16-2-4-19(5-3-16)30-14-18(28)13-26-17-8-10-27(11-9-17)23(29)15-31-20-6-7-21(24)22(25)12-20/h2-7,12,17-18,26,28H,8-11,13-15H2,1H3. The highest BCUT2D eigenvalue weighted by Crippen LogP contribution is 2.20. The van der Waals surface area contributed by atoms with E-state index in [0.29, 0.717) is 19.6 Å². The van der Waals surface area contributed by atoms with E-state index in [1.165, 1.54) is 18.2 Å². The Kier molecular flexibility index (Phi) is 8.51. The molecule has 1 unspecified atom stereocenters. The van der Waals surface area contributed by atoms with E-state index in [1.54, 1.807) is 4.90 Å². The zero-order valence-corrected chi connectivity index (χ0v) is 18.3. The first-order valence-electron chi connectivity index (χ1n) is 10.4. The third kappa shape index (κ3) is 7.38. The first-order chi connectivity index (χ1) is 14.9. The quantitative estimate of drug-likeness (QED) is 0.614. The highest BCUT2D eigenvalue weighted by atomic mass is 35.5. The summed E-state index contributed by atoms with van der Waals surface area (Å²) in [6.07, 6.45) is 0.953. The van der Waals surface area contributed by atoms with Gasteiger partial charge in [-0.15, -0.1) is 0 Å². The Labute approximate surface area is 186 Å². The normalized spacial score (nSPS) is 15.5. The third-order valence-electron chi connectivity index (χ3n) is 5.21. The van der Waals surface area contributed by atoms with Crippen LogP contribution in [0.4, 0.5) is 4.39 Å². The van der Waals surface area contributed by atoms with Crippen molar-refractivity contribution in [3.8, 4) is 11.5 Å². The topological polar surface area (TPSA) is 71.0 Å². The number of hydrogen-bond donors (Lipinski definition) is 2. The number of carbonyl (C=O) groups is 1. The van der Waals surface area contributed by atoms with Crippen LogP contribution in [0.25, 0.3) is 0 Å². The van der Waals surface area contributed by atoms with Crippen molar-refractivity contribution in [1.29, 1.82) is 0 Å². The number of rotatable bonds is 9. The molecule has 0 aromatic heterocycles. The van der Waals surface area contributed by atoms with Gasteiger partial charge in [-0.05, 0) is 44.0 Å². The Bertz CT molecular complexity index is 857. The fourth-order valence-electron chi connectivity index (χ4n) is 3.32. The summed E-state index contributed by atoms with van der Waals surface area (Å²) in [6, 6.07) is 12.0. The third-order valence-corrected chi connectivity index (χ3v) is 5.51. The van der Waals surface area contributed by atoms with Crippen molar-refractivity contribution in [2.45, 2.75) is 31.9 Å². The second-order valence-electron chi connectivity index (χ2n) is 7.71. The smallest absolute Gasteiger partial charge is 0.260 e. The molecule has 8 heteroatoms. The van der Waals surface area contributed by atoms with Crippen LogP contribution in [0, 0.1) is 12.7 Å². The number of benzene rings is 2. The number of piperidine rings is 1. The van der Waals surface area contributed by atoms with Crippen molar-refractivity contribution in [2.24, 2.45) is 0 Å². The largest absolute Gasteiger partial charge is 0.491 e. The van der Waals surface area contributed by atoms with Gasteiger partial charge in [0.15, 0.2) is 6.61 Å². The molecule has 0 bridgehead atoms. The summed E-state index contributed by atoms with van der Waals surface area (Å²) in [5, 5.41) is 13.5. The van der Waals surface area contributed by atoms with Crippen LogP contribution >= 0.6 is 11.6 Å². The van der Waals surface area contributed by atoms with Gasteiger partial charge < -0.3 is 24.8 Å². The summed E-state index contributed by atoms with van der Waals surface area (Å²) < 4.78 is 24.4. The number of nitrogens with one attached hydrogen (secondary N) is 1. The average Bonchev–Trinajstić information content (AvgIpc) is 2.78. The molecular weight excluding hydrogens is 423 g/mol. The van der Waals surface area contributed by atoms with Gasteiger partial charge in [-0.25, -0.2) is 4.39 Å². The van der Waals surface area contributed by atoms with E-state index < -0.39 is 11.9 Å². The van der Waals surface area contributed by atoms with E-state index in [2.05, 4.69) is 5.32 Å². The molecule has 6 nitrogen and oxygen atoms in total. The molecule has 1 saturated heterocycles. The lowest BCUT2D eigenvalue weighted by molar-refractivity contribution is -0.134. The molecule has 0 radical (unpaired) electrons. The van der Waals surface area contributed by atoms with Crippen LogP contribution in [0.1, 0.15) is 18.4 Å². The van der Waals surface area contributed by atoms with Gasteiger partial charge in [0.1, 0.15) is 30.0 Å². The van der Waals surface area contributed by atoms with Gasteiger partial charge in [0, 0.05) is 31.7 Å². The zero-order chi connectivity index (χ0) is 22.2. The van der Waals surface area contributed by atoms with Crippen molar-refractivity contribution in [3.63, 3.8) is 0 Å². The van der Waals surface area contributed by atoms with Gasteiger partial charge in [0.25, 0.3) is 5.91 Å². The first-order valence-corrected chi connectivity index (χ1v) is 10.7. The summed E-state index contributed by atoms with van der Waals surface area (Å²) in [6.45, 7) is 3.71. The van der Waals surface area contributed by atoms with E-state index >= 15 is 0 Å². The fraction of sp³-hybridized carbons (Fsp3) is 0.435. The number of halogens is 2. The van der Waals surface area contributed by atoms with Gasteiger partial charge in [0.2, 0.25) is 0 Å². The van der Waals surface area contributed by atoms with E-state index in [0.717, 1.165) is 24.2 Å². The highest BCUT2D eigenvalue weighted by molar-refractivity contribution is 6.30. The number of aryl methyl sites for hydroxylation is 1. The Morgan fingerprint density at radius 1 is 1.19 bits per heavy atom. The molecule has 2 aromatic carbocycles. The fourth-order valence-corrected chi connectivity index (χ4v) is 3.44. The lowest BCUT2D eigenvalue weighted by Crippen LogP contribution is -2.48. The van der Waals surface area contributed by atoms with Crippen molar-refractivity contribution in [3.05, 3.63) is 58.9 Å². The Hall–Kier alpha value is -2.35. The minimum absolute atomic E-state index is 0.0140. The summed E-state index contributed by atoms with van der Waals surface area (Å²) in [7, 11) is 0. The van der Waals surface area contributed by atoms with Gasteiger partial charge in [-0.2, -0.15) is 0 Å². The highest BCUT2D eigenvalue weighted by Gasteiger charge is 2.23. The van der Waals surface area contributed by atoms with E-state index in [4.69, 9.17) is 21.1 Å². The lowest BCUT2D eigenvalue weighted by Gasteiger charge is -2.33. The number of ether oxygens (including phenoxy) is 2. The van der Waals surface area contributed by atoms with Crippen LogP contribution in [0.15, 0.2) is 42.5 Å². The van der Waals surface area contributed by atoms with Crippen LogP contribution in [-0.4, -0.2) is 60.9 Å². The van der Waals surface area contributed by atoms with Crippen LogP contribution in [-0.2, 0) is 4.79 Å². The maximum absolute atomic E-state index is 13.4. The summed E-state index contributed by atoms with van der Waals surface area (Å²) >= 11 is 5.64. The second kappa shape index (κ2) is 11.3. The predicted octanol–water partition coefficient (Wildman–Crippen LogP) is 3.19. The van der Waals surface area contributed by atoms with Gasteiger partial charge in [0.05, 0.1) is 5.02 Å². The molecule has 1 fully saturated rings. The van der Waals surface area contributed by atoms with E-state index in [1.807, 2.05) is 31.2 Å². The van der Waals surface area contributed by atoms with Gasteiger partial charge >= 0.3 is 0 Å². The van der Waals surface area contributed by atoms with Crippen LogP contribution in [0.3, 0.4) is 0 Å². The molecule has 168 valence electrons. The number of carbonyl (C=O) groups excluding carboxylic acids is 1. The molecule has 2 N–H and O–H groups in total. The summed E-state index contributed by atoms with van der Waals surface area (Å²) in [4.78, 5) is 14.1. The molecule has 1 atom stereocenters. The number of aliphatic hydroxyl groups excluding tert-OH is 1. The van der Waals surface area contributed by atoms with Crippen LogP contribution in [0.5, 0.6) is 11.5 Å². The van der Waals surface area contributed by atoms with Gasteiger partial charge in [-0.3, -0.25) is 4.79 Å². The van der Waals surface area contributed by atoms with Crippen LogP contribution in [0.2, 0.25) is 5.02 Å². The van der Waals surface area contributed by atoms with Crippen molar-refractivity contribution < 1.29 is 23.8 Å². The molecule has 3 rings (SSSR count). The molecular formula is C23H28ClFN2O4. The maximum atomic E-state index is 13.4. The number of aliphatic hydroxyl groups is 1. The number of hydrogen-bond acceptors (Lipinski definition) is 5. The van der Waals surface area contributed by atoms with E-state index in [-0.39, 0.29) is 35.9 Å². The molecule has 1 heterocycles. The Morgan fingerprint density at radius 2 is 1.87 bits per heavy atom. The molecule has 0 spiro atoms. The maximum Gasteiger partial charge on any atom is 0.260 e. The minimum atomic E-state index is -0.617. The summed E-state index contributed by atoms with van der Waals surface area (Å²) in [5.74, 6) is 0.291. The number of nitrogens with zero attached hydrogens (tertiary/aromatic N) is 1. The Balaban J connectivity index is 1.31. The predicted molar refractivity (Wildman–Crippen MR) is 117 cm³/mol. The number of amides is 1. The minimum Gasteiger partial charge on any atom is -0.491 e. The monoisotopic (exact) mass is 450 g/mol. The van der Waals surface area contributed by atoms with Crippen molar-refractivity contribution in [1.82, 2.24) is 10.2 Å². The molecule has 1 aliphatic rings. The lowest BCUT2D eigenvalue weighted by atomic mass is 10.0. The van der Waals surface area contributed by atoms with Crippen molar-refractivity contribution in [2.75, 3.05) is 32.8 Å². The van der Waals surface area contributed by atoms with Crippen molar-refractivity contribution >= 4 is 17.5 Å². The molecule has 0 aliphatic carbocycles. The molecule has 1 amide bonds. The summed E-state index contributed by atoms with van der Waals surface area (Å²) in [5.41, 5.74) is 1.16. The van der Waals surface area contributed by atoms with Crippen LogP contribution < -0.4 is 14.8 Å². The average molecular weight is 451 g/mol. The molecule has 1 aliphatic heterocycles. The number of likely N-dealkylation sites (tertiary alicyclic amines) is 1. The first kappa shape index (κ1) is 23.3. The molecule has 0 saturated carbocycles. The van der Waals surface area contributed by atoms with Gasteiger partial charge in [-0.1, -0.05) is 29.3 Å². The second-order valence-corrected chi connectivity index (χ2v) is 8.11. The zero-order valence-electron chi connectivity index (χ0n) is 17.5. The van der Waals surface area contributed by atoms with E-state index in [9.17, 15) is 14.3 Å². The molecule has 2 aromatic rings. The Morgan fingerprint density at radius 3 is 2.55 bits per heavy atom. The molecule has 31 heavy (non-hydrogen) atoms.